The molecule has 0 spiro atoms. The molecule has 0 radical (unpaired) electrons. The topological polar surface area (TPSA) is 44.8 Å². The van der Waals surface area contributed by atoms with Crippen LogP contribution in [0.4, 0.5) is 13.2 Å². The second-order valence-corrected chi connectivity index (χ2v) is 7.82. The molecule has 2 aromatic heterocycles. The van der Waals surface area contributed by atoms with Crippen molar-refractivity contribution in [3.05, 3.63) is 66.1 Å². The Morgan fingerprint density at radius 1 is 1.03 bits per heavy atom. The summed E-state index contributed by atoms with van der Waals surface area (Å²) in [5.74, 6) is 0. The lowest BCUT2D eigenvalue weighted by molar-refractivity contribution is -0.137. The van der Waals surface area contributed by atoms with Gasteiger partial charge in [-0.15, -0.1) is 0 Å². The van der Waals surface area contributed by atoms with Crippen LogP contribution in [0.1, 0.15) is 30.5 Å². The monoisotopic (exact) mass is 410 g/mol. The van der Waals surface area contributed by atoms with E-state index < -0.39 is 11.7 Å². The lowest BCUT2D eigenvalue weighted by atomic mass is 9.92. The van der Waals surface area contributed by atoms with Crippen molar-refractivity contribution in [1.82, 2.24) is 20.1 Å². The van der Waals surface area contributed by atoms with Crippen LogP contribution in [-0.2, 0) is 6.18 Å². The summed E-state index contributed by atoms with van der Waals surface area (Å²) >= 11 is 0. The van der Waals surface area contributed by atoms with E-state index in [9.17, 15) is 13.2 Å². The van der Waals surface area contributed by atoms with Crippen molar-refractivity contribution in [2.45, 2.75) is 31.5 Å². The molecule has 7 heteroatoms. The molecule has 2 aliphatic rings. The number of nitrogens with zero attached hydrogens (tertiary/aromatic N) is 3. The average molecular weight is 410 g/mol. The van der Waals surface area contributed by atoms with E-state index in [2.05, 4.69) is 26.2 Å². The molecule has 5 rings (SSSR count). The summed E-state index contributed by atoms with van der Waals surface area (Å²) in [5, 5.41) is 7.62. The van der Waals surface area contributed by atoms with Gasteiger partial charge in [-0.2, -0.15) is 18.3 Å². The Morgan fingerprint density at radius 2 is 1.87 bits per heavy atom. The minimum atomic E-state index is -4.40. The number of H-pyrrole nitrogens is 1. The van der Waals surface area contributed by atoms with Crippen LogP contribution in [0.25, 0.3) is 28.0 Å². The molecule has 1 aromatic carbocycles. The number of alkyl halides is 3. The molecular weight excluding hydrogens is 389 g/mol. The Morgan fingerprint density at radius 3 is 2.67 bits per heavy atom. The lowest BCUT2D eigenvalue weighted by Gasteiger charge is -2.28. The predicted molar refractivity (Wildman–Crippen MR) is 109 cm³/mol. The summed E-state index contributed by atoms with van der Waals surface area (Å²) in [4.78, 5) is 6.57. The zero-order valence-corrected chi connectivity index (χ0v) is 16.3. The number of rotatable bonds is 3. The first-order valence-electron chi connectivity index (χ1n) is 10.1. The smallest absolute Gasteiger partial charge is 0.297 e. The summed E-state index contributed by atoms with van der Waals surface area (Å²) in [7, 11) is 0. The van der Waals surface area contributed by atoms with E-state index in [-0.39, 0.29) is 0 Å². The van der Waals surface area contributed by atoms with E-state index in [1.54, 1.807) is 18.5 Å². The number of nitrogens with one attached hydrogen (secondary N) is 1. The second kappa shape index (κ2) is 7.40. The van der Waals surface area contributed by atoms with E-state index in [0.717, 1.165) is 48.8 Å². The maximum atomic E-state index is 13.3. The fraction of sp³-hybridized carbons (Fsp3) is 0.304. The minimum Gasteiger partial charge on any atom is -0.297 e. The van der Waals surface area contributed by atoms with Crippen molar-refractivity contribution < 1.29 is 13.2 Å². The first-order valence-corrected chi connectivity index (χ1v) is 10.1. The summed E-state index contributed by atoms with van der Waals surface area (Å²) < 4.78 is 39.8. The molecule has 1 fully saturated rings. The average Bonchev–Trinajstić information content (AvgIpc) is 3.40. The van der Waals surface area contributed by atoms with Crippen LogP contribution in [0.5, 0.6) is 0 Å². The van der Waals surface area contributed by atoms with Gasteiger partial charge in [-0.05, 0) is 61.2 Å². The van der Waals surface area contributed by atoms with Crippen molar-refractivity contribution in [3.63, 3.8) is 0 Å². The van der Waals surface area contributed by atoms with Crippen LogP contribution in [0.3, 0.4) is 0 Å². The van der Waals surface area contributed by atoms with Crippen LogP contribution in [-0.4, -0.2) is 39.2 Å². The van der Waals surface area contributed by atoms with Crippen molar-refractivity contribution >= 4 is 5.57 Å². The maximum Gasteiger partial charge on any atom is 0.416 e. The normalized spacial score (nSPS) is 19.6. The molecule has 1 N–H and O–H groups in total. The number of benzene rings is 1. The van der Waals surface area contributed by atoms with Gasteiger partial charge in [0.2, 0.25) is 0 Å². The van der Waals surface area contributed by atoms with Gasteiger partial charge >= 0.3 is 6.18 Å². The third-order valence-corrected chi connectivity index (χ3v) is 6.00. The number of hydrogen-bond acceptors (Lipinski definition) is 3. The zero-order chi connectivity index (χ0) is 20.7. The fourth-order valence-electron chi connectivity index (χ4n) is 4.53. The standard InChI is InChI=1S/C23H21F3N4/c24-23(25,26)18-4-1-3-16(13-18)21-20(15-6-9-27-10-7-15)22(29-28-21)17-8-12-30-11-2-5-19(30)14-17/h1,3-4,6-7,9-10,13-14,19H,2,5,8,11-12H2,(H,28,29). The van der Waals surface area contributed by atoms with E-state index in [0.29, 0.717) is 17.3 Å². The molecule has 154 valence electrons. The Balaban J connectivity index is 1.65. The Kier molecular flexibility index (Phi) is 4.70. The third kappa shape index (κ3) is 3.43. The second-order valence-electron chi connectivity index (χ2n) is 7.82. The lowest BCUT2D eigenvalue weighted by Crippen LogP contribution is -2.32. The molecule has 1 atom stereocenters. The zero-order valence-electron chi connectivity index (χ0n) is 16.3. The van der Waals surface area contributed by atoms with Crippen LogP contribution < -0.4 is 0 Å². The van der Waals surface area contributed by atoms with Crippen LogP contribution in [0.2, 0.25) is 0 Å². The molecule has 3 aromatic rings. The van der Waals surface area contributed by atoms with Gasteiger partial charge in [0.15, 0.2) is 0 Å². The van der Waals surface area contributed by atoms with Gasteiger partial charge in [0, 0.05) is 36.1 Å². The maximum absolute atomic E-state index is 13.3. The highest BCUT2D eigenvalue weighted by Gasteiger charge is 2.32. The SMILES string of the molecule is FC(F)(F)c1cccc(-c2n[nH]c(C3=CC4CCCN4CC3)c2-c2ccncc2)c1. The third-order valence-electron chi connectivity index (χ3n) is 6.00. The van der Waals surface area contributed by atoms with E-state index in [1.807, 2.05) is 12.1 Å². The van der Waals surface area contributed by atoms with E-state index >= 15 is 0 Å². The van der Waals surface area contributed by atoms with E-state index in [4.69, 9.17) is 0 Å². The van der Waals surface area contributed by atoms with Gasteiger partial charge in [0.1, 0.15) is 5.69 Å². The minimum absolute atomic E-state index is 0.430. The van der Waals surface area contributed by atoms with Crippen molar-refractivity contribution in [3.8, 4) is 22.4 Å². The first-order chi connectivity index (χ1) is 14.5. The number of hydrogen-bond donors (Lipinski definition) is 1. The van der Waals surface area contributed by atoms with Crippen LogP contribution >= 0.6 is 0 Å². The van der Waals surface area contributed by atoms with Crippen LogP contribution in [0, 0.1) is 0 Å². The molecule has 0 aliphatic carbocycles. The number of halogens is 3. The highest BCUT2D eigenvalue weighted by Crippen LogP contribution is 2.40. The van der Waals surface area contributed by atoms with Crippen molar-refractivity contribution in [2.24, 2.45) is 0 Å². The molecule has 0 amide bonds. The predicted octanol–water partition coefficient (Wildman–Crippen LogP) is 5.41. The van der Waals surface area contributed by atoms with Crippen molar-refractivity contribution in [2.75, 3.05) is 13.1 Å². The first kappa shape index (κ1) is 19.1. The van der Waals surface area contributed by atoms with Gasteiger partial charge in [-0.25, -0.2) is 0 Å². The Bertz CT molecular complexity index is 1090. The highest BCUT2D eigenvalue weighted by atomic mass is 19.4. The number of aromatic nitrogens is 3. The largest absolute Gasteiger partial charge is 0.416 e. The summed E-state index contributed by atoms with van der Waals surface area (Å²) in [6.45, 7) is 2.12. The molecule has 30 heavy (non-hydrogen) atoms. The van der Waals surface area contributed by atoms with Gasteiger partial charge < -0.3 is 0 Å². The number of fused-ring (bicyclic) bond motifs is 1. The molecule has 4 heterocycles. The Hall–Kier alpha value is -2.93. The molecule has 0 saturated carbocycles. The van der Waals surface area contributed by atoms with Gasteiger partial charge in [0.25, 0.3) is 0 Å². The molecular formula is C23H21F3N4. The van der Waals surface area contributed by atoms with Gasteiger partial charge in [-0.1, -0.05) is 18.2 Å². The molecule has 0 bridgehead atoms. The fourth-order valence-corrected chi connectivity index (χ4v) is 4.53. The summed E-state index contributed by atoms with van der Waals surface area (Å²) in [6, 6.07) is 9.53. The van der Waals surface area contributed by atoms with Gasteiger partial charge in [0.05, 0.1) is 11.3 Å². The molecule has 2 aliphatic heterocycles. The van der Waals surface area contributed by atoms with Crippen molar-refractivity contribution in [1.29, 1.82) is 0 Å². The number of pyridine rings is 1. The highest BCUT2D eigenvalue weighted by molar-refractivity contribution is 5.89. The summed E-state index contributed by atoms with van der Waals surface area (Å²) in [5.41, 5.74) is 4.07. The quantitative estimate of drug-likeness (QED) is 0.628. The Labute approximate surface area is 172 Å². The van der Waals surface area contributed by atoms with E-state index in [1.165, 1.54) is 24.1 Å². The molecule has 4 nitrogen and oxygen atoms in total. The van der Waals surface area contributed by atoms with Gasteiger partial charge in [-0.3, -0.25) is 15.0 Å². The number of aromatic amines is 1. The van der Waals surface area contributed by atoms with Crippen LogP contribution in [0.15, 0.2) is 54.9 Å². The molecule has 1 saturated heterocycles. The summed E-state index contributed by atoms with van der Waals surface area (Å²) in [6.07, 6.45) is 4.51. The molecule has 1 unspecified atom stereocenters.